The molecule has 1 aliphatic carbocycles. The summed E-state index contributed by atoms with van der Waals surface area (Å²) in [4.78, 5) is 23.6. The van der Waals surface area contributed by atoms with Gasteiger partial charge in [0.2, 0.25) is 11.9 Å². The van der Waals surface area contributed by atoms with Crippen molar-refractivity contribution < 1.29 is 9.53 Å². The number of methoxy groups -OCH3 is 1. The third-order valence-electron chi connectivity index (χ3n) is 6.67. The van der Waals surface area contributed by atoms with Crippen molar-refractivity contribution in [2.75, 3.05) is 33.1 Å². The molecule has 32 heavy (non-hydrogen) atoms. The van der Waals surface area contributed by atoms with E-state index in [0.29, 0.717) is 5.95 Å². The first-order chi connectivity index (χ1) is 15.6. The molecule has 3 heterocycles. The maximum atomic E-state index is 12.0. The Labute approximate surface area is 187 Å². The quantitative estimate of drug-likeness (QED) is 0.636. The first-order valence-electron chi connectivity index (χ1n) is 11.1. The SMILES string of the molecule is CNC(=O)C1CCC(n2ncc3cnc(Nc4cc5c(cc4OC)CCN(C)C5)nc32)C1. The maximum Gasteiger partial charge on any atom is 0.229 e. The second-order valence-corrected chi connectivity index (χ2v) is 8.77. The molecule has 2 N–H and O–H groups in total. The Morgan fingerprint density at radius 1 is 1.22 bits per heavy atom. The van der Waals surface area contributed by atoms with Crippen LogP contribution in [0.15, 0.2) is 24.5 Å². The standard InChI is InChI=1S/C23H29N7O2/c1-24-22(31)15-4-5-18(8-15)30-21-17(12-26-30)11-25-23(28-21)27-19-9-16-13-29(2)7-6-14(16)10-20(19)32-3/h9-12,15,18H,4-8,13H2,1-3H3,(H,24,31)(H,25,27,28). The number of hydrogen-bond donors (Lipinski definition) is 2. The number of ether oxygens (including phenoxy) is 1. The van der Waals surface area contributed by atoms with E-state index in [1.165, 1.54) is 11.1 Å². The number of nitrogens with one attached hydrogen (secondary N) is 2. The van der Waals surface area contributed by atoms with Crippen molar-refractivity contribution in [3.8, 4) is 5.75 Å². The first kappa shape index (κ1) is 20.7. The van der Waals surface area contributed by atoms with Crippen molar-refractivity contribution in [2.45, 2.75) is 38.3 Å². The van der Waals surface area contributed by atoms with Crippen LogP contribution in [0.25, 0.3) is 11.0 Å². The first-order valence-corrected chi connectivity index (χ1v) is 11.1. The van der Waals surface area contributed by atoms with E-state index in [4.69, 9.17) is 9.72 Å². The van der Waals surface area contributed by atoms with Crippen LogP contribution in [-0.4, -0.2) is 58.3 Å². The average Bonchev–Trinajstić information content (AvgIpc) is 3.45. The summed E-state index contributed by atoms with van der Waals surface area (Å²) in [6.07, 6.45) is 7.15. The number of fused-ring (bicyclic) bond motifs is 2. The van der Waals surface area contributed by atoms with Gasteiger partial charge >= 0.3 is 0 Å². The summed E-state index contributed by atoms with van der Waals surface area (Å²) in [6, 6.07) is 4.41. The molecule has 5 rings (SSSR count). The molecule has 2 atom stereocenters. The monoisotopic (exact) mass is 435 g/mol. The van der Waals surface area contributed by atoms with Crippen LogP contribution >= 0.6 is 0 Å². The highest BCUT2D eigenvalue weighted by molar-refractivity contribution is 5.79. The van der Waals surface area contributed by atoms with Crippen molar-refractivity contribution >= 4 is 28.6 Å². The van der Waals surface area contributed by atoms with Crippen molar-refractivity contribution in [1.82, 2.24) is 30.0 Å². The van der Waals surface area contributed by atoms with Crippen LogP contribution in [0.2, 0.25) is 0 Å². The molecule has 0 radical (unpaired) electrons. The number of benzene rings is 1. The topological polar surface area (TPSA) is 97.2 Å². The third kappa shape index (κ3) is 3.77. The van der Waals surface area contributed by atoms with Crippen molar-refractivity contribution in [2.24, 2.45) is 5.92 Å². The molecule has 9 nitrogen and oxygen atoms in total. The van der Waals surface area contributed by atoms with E-state index in [2.05, 4.69) is 44.8 Å². The van der Waals surface area contributed by atoms with Gasteiger partial charge in [0.15, 0.2) is 5.65 Å². The summed E-state index contributed by atoms with van der Waals surface area (Å²) in [6.45, 7) is 1.96. The molecular weight excluding hydrogens is 406 g/mol. The fraction of sp³-hybridized carbons (Fsp3) is 0.478. The number of carbonyl (C=O) groups is 1. The summed E-state index contributed by atoms with van der Waals surface area (Å²) in [7, 11) is 5.51. The maximum absolute atomic E-state index is 12.0. The molecule has 1 saturated carbocycles. The largest absolute Gasteiger partial charge is 0.495 e. The minimum absolute atomic E-state index is 0.0292. The van der Waals surface area contributed by atoms with Crippen LogP contribution in [0.4, 0.5) is 11.6 Å². The van der Waals surface area contributed by atoms with E-state index in [9.17, 15) is 4.79 Å². The number of aromatic nitrogens is 4. The number of amides is 1. The van der Waals surface area contributed by atoms with Gasteiger partial charge in [-0.15, -0.1) is 0 Å². The van der Waals surface area contributed by atoms with E-state index in [1.54, 1.807) is 26.6 Å². The van der Waals surface area contributed by atoms with Crippen LogP contribution in [0.1, 0.15) is 36.4 Å². The molecule has 0 saturated heterocycles. The van der Waals surface area contributed by atoms with Gasteiger partial charge in [-0.05, 0) is 56.0 Å². The van der Waals surface area contributed by atoms with Crippen LogP contribution in [0.3, 0.4) is 0 Å². The van der Waals surface area contributed by atoms with Crippen LogP contribution in [-0.2, 0) is 17.8 Å². The Morgan fingerprint density at radius 3 is 2.91 bits per heavy atom. The number of rotatable bonds is 5. The zero-order valence-corrected chi connectivity index (χ0v) is 18.8. The van der Waals surface area contributed by atoms with Gasteiger partial charge in [-0.3, -0.25) is 4.79 Å². The predicted molar refractivity (Wildman–Crippen MR) is 122 cm³/mol. The minimum atomic E-state index is 0.0292. The number of likely N-dealkylation sites (N-methyl/N-ethyl adjacent to an activating group) is 1. The summed E-state index contributed by atoms with van der Waals surface area (Å²) < 4.78 is 7.59. The second kappa shape index (κ2) is 8.38. The molecule has 1 aromatic carbocycles. The van der Waals surface area contributed by atoms with Gasteiger partial charge in [0.05, 0.1) is 30.4 Å². The lowest BCUT2D eigenvalue weighted by atomic mass is 9.99. The van der Waals surface area contributed by atoms with Crippen LogP contribution in [0, 0.1) is 5.92 Å². The van der Waals surface area contributed by atoms with Crippen molar-refractivity contribution in [1.29, 1.82) is 0 Å². The van der Waals surface area contributed by atoms with Crippen molar-refractivity contribution in [3.05, 3.63) is 35.7 Å². The smallest absolute Gasteiger partial charge is 0.229 e. The normalized spacial score (nSPS) is 20.8. The number of anilines is 2. The lowest BCUT2D eigenvalue weighted by Gasteiger charge is -2.26. The number of carbonyl (C=O) groups excluding carboxylic acids is 1. The van der Waals surface area contributed by atoms with E-state index >= 15 is 0 Å². The zero-order chi connectivity index (χ0) is 22.2. The molecule has 2 aliphatic rings. The Kier molecular flexibility index (Phi) is 5.42. The lowest BCUT2D eigenvalue weighted by Crippen LogP contribution is -2.26. The average molecular weight is 436 g/mol. The van der Waals surface area contributed by atoms with Crippen LogP contribution < -0.4 is 15.4 Å². The van der Waals surface area contributed by atoms with Gasteiger partial charge in [0.25, 0.3) is 0 Å². The summed E-state index contributed by atoms with van der Waals surface area (Å²) in [5, 5.41) is 11.6. The zero-order valence-electron chi connectivity index (χ0n) is 18.8. The van der Waals surface area contributed by atoms with E-state index in [1.807, 2.05) is 4.68 Å². The highest BCUT2D eigenvalue weighted by Crippen LogP contribution is 2.36. The fourth-order valence-corrected chi connectivity index (χ4v) is 4.90. The van der Waals surface area contributed by atoms with E-state index < -0.39 is 0 Å². The Hall–Kier alpha value is -3.20. The summed E-state index contributed by atoms with van der Waals surface area (Å²) in [5.41, 5.74) is 4.25. The molecule has 0 spiro atoms. The molecule has 9 heteroatoms. The molecule has 0 bridgehead atoms. The van der Waals surface area contributed by atoms with Gasteiger partial charge in [0.1, 0.15) is 5.75 Å². The van der Waals surface area contributed by atoms with Crippen molar-refractivity contribution in [3.63, 3.8) is 0 Å². The minimum Gasteiger partial charge on any atom is -0.495 e. The molecule has 1 aliphatic heterocycles. The highest BCUT2D eigenvalue weighted by Gasteiger charge is 2.32. The molecule has 2 aromatic heterocycles. The van der Waals surface area contributed by atoms with Gasteiger partial charge in [-0.1, -0.05) is 0 Å². The molecule has 168 valence electrons. The summed E-state index contributed by atoms with van der Waals surface area (Å²) in [5.74, 6) is 1.42. The van der Waals surface area contributed by atoms with E-state index in [0.717, 1.165) is 61.2 Å². The molecule has 3 aromatic rings. The highest BCUT2D eigenvalue weighted by atomic mass is 16.5. The number of nitrogens with zero attached hydrogens (tertiary/aromatic N) is 5. The Balaban J connectivity index is 1.43. The van der Waals surface area contributed by atoms with Crippen LogP contribution in [0.5, 0.6) is 5.75 Å². The number of hydrogen-bond acceptors (Lipinski definition) is 7. The summed E-state index contributed by atoms with van der Waals surface area (Å²) >= 11 is 0. The molecule has 1 fully saturated rings. The molecular formula is C23H29N7O2. The molecule has 1 amide bonds. The molecule has 2 unspecified atom stereocenters. The van der Waals surface area contributed by atoms with Gasteiger partial charge < -0.3 is 20.3 Å². The van der Waals surface area contributed by atoms with Gasteiger partial charge in [-0.25, -0.2) is 9.67 Å². The van der Waals surface area contributed by atoms with Gasteiger partial charge in [0, 0.05) is 32.3 Å². The van der Waals surface area contributed by atoms with Gasteiger partial charge in [-0.2, -0.15) is 10.1 Å². The third-order valence-corrected chi connectivity index (χ3v) is 6.67. The fourth-order valence-electron chi connectivity index (χ4n) is 4.90. The van der Waals surface area contributed by atoms with E-state index in [-0.39, 0.29) is 17.9 Å². The lowest BCUT2D eigenvalue weighted by molar-refractivity contribution is -0.124. The predicted octanol–water partition coefficient (Wildman–Crippen LogP) is 2.65. The second-order valence-electron chi connectivity index (χ2n) is 8.77. The Bertz CT molecular complexity index is 1160. The Morgan fingerprint density at radius 2 is 2.09 bits per heavy atom.